The standard InChI is InChI=1S/C36H50FN7O7/c1-8-44(23(4)5)35(47)25-16-26(37)31-32(50-29(46)12-11-28(45)49-31)30(25)51-34-33(39-21-40-41-34)42-15-13-36(18-42)19-43(20-36)27(22(2)3)10-9-14-38-24(6)17-48-7/h11-12,16,21-24,27,38H,8-10,13-15,17-20H2,1-7H3/b12-11+/t24-,27-/m1/s1. The molecule has 0 aliphatic carbocycles. The number of nitrogens with zero attached hydrogens (tertiary/aromatic N) is 6. The molecule has 3 aliphatic rings. The van der Waals surface area contributed by atoms with Crippen LogP contribution in [0.15, 0.2) is 24.5 Å². The van der Waals surface area contributed by atoms with Crippen LogP contribution in [0.1, 0.15) is 71.2 Å². The van der Waals surface area contributed by atoms with Crippen molar-refractivity contribution in [3.63, 3.8) is 0 Å². The summed E-state index contributed by atoms with van der Waals surface area (Å²) in [7, 11) is 1.72. The number of nitrogens with one attached hydrogen (secondary N) is 1. The third kappa shape index (κ3) is 8.64. The van der Waals surface area contributed by atoms with E-state index in [0.717, 1.165) is 57.1 Å². The lowest BCUT2D eigenvalue weighted by Gasteiger charge is -2.53. The zero-order valence-electron chi connectivity index (χ0n) is 30.6. The summed E-state index contributed by atoms with van der Waals surface area (Å²) >= 11 is 0. The first kappa shape index (κ1) is 38.0. The maximum atomic E-state index is 15.6. The van der Waals surface area contributed by atoms with Crippen LogP contribution < -0.4 is 24.4 Å². The van der Waals surface area contributed by atoms with Gasteiger partial charge in [0.2, 0.25) is 11.5 Å². The Morgan fingerprint density at radius 1 is 1.10 bits per heavy atom. The van der Waals surface area contributed by atoms with Crippen LogP contribution in [0.3, 0.4) is 0 Å². The maximum absolute atomic E-state index is 15.6. The lowest BCUT2D eigenvalue weighted by molar-refractivity contribution is -0.133. The Kier molecular flexibility index (Phi) is 12.2. The quantitative estimate of drug-likeness (QED) is 0.161. The molecule has 0 radical (unpaired) electrons. The van der Waals surface area contributed by atoms with Crippen molar-refractivity contribution in [1.82, 2.24) is 30.3 Å². The molecule has 3 aliphatic heterocycles. The Bertz CT molecular complexity index is 1610. The molecule has 1 spiro atoms. The number of esters is 2. The minimum Gasteiger partial charge on any atom is -0.430 e. The Labute approximate surface area is 298 Å². The lowest BCUT2D eigenvalue weighted by Crippen LogP contribution is -2.62. The highest BCUT2D eigenvalue weighted by Crippen LogP contribution is 2.48. The van der Waals surface area contributed by atoms with Crippen molar-refractivity contribution in [2.75, 3.05) is 57.9 Å². The number of likely N-dealkylation sites (tertiary alicyclic amines) is 1. The van der Waals surface area contributed by atoms with Gasteiger partial charge in [-0.3, -0.25) is 9.69 Å². The number of methoxy groups -OCH3 is 1. The molecule has 0 unspecified atom stereocenters. The van der Waals surface area contributed by atoms with Gasteiger partial charge in [-0.1, -0.05) is 13.8 Å². The van der Waals surface area contributed by atoms with Crippen LogP contribution in [0.4, 0.5) is 10.2 Å². The van der Waals surface area contributed by atoms with E-state index in [1.54, 1.807) is 14.0 Å². The van der Waals surface area contributed by atoms with Crippen molar-refractivity contribution in [3.05, 3.63) is 35.9 Å². The second kappa shape index (κ2) is 16.4. The first-order chi connectivity index (χ1) is 24.4. The minimum absolute atomic E-state index is 0.0574. The number of aromatic nitrogens is 3. The highest BCUT2D eigenvalue weighted by atomic mass is 19.1. The summed E-state index contributed by atoms with van der Waals surface area (Å²) < 4.78 is 37.7. The van der Waals surface area contributed by atoms with Gasteiger partial charge in [0.25, 0.3) is 11.8 Å². The molecule has 278 valence electrons. The summed E-state index contributed by atoms with van der Waals surface area (Å²) in [4.78, 5) is 49.4. The number of carbonyl (C=O) groups is 3. The van der Waals surface area contributed by atoms with Crippen LogP contribution in [-0.2, 0) is 14.3 Å². The summed E-state index contributed by atoms with van der Waals surface area (Å²) in [6, 6.07) is 1.45. The molecular weight excluding hydrogens is 661 g/mol. The van der Waals surface area contributed by atoms with Crippen molar-refractivity contribution in [3.8, 4) is 23.1 Å². The van der Waals surface area contributed by atoms with Gasteiger partial charge in [-0.25, -0.2) is 19.0 Å². The smallest absolute Gasteiger partial charge is 0.336 e. The molecule has 5 rings (SSSR count). The van der Waals surface area contributed by atoms with Crippen molar-refractivity contribution in [1.29, 1.82) is 0 Å². The first-order valence-corrected chi connectivity index (χ1v) is 17.7. The molecule has 4 heterocycles. The fraction of sp³-hybridized carbons (Fsp3) is 0.611. The number of ether oxygens (including phenoxy) is 4. The average Bonchev–Trinajstić information content (AvgIpc) is 3.51. The third-order valence-electron chi connectivity index (χ3n) is 9.77. The minimum atomic E-state index is -1.08. The van der Waals surface area contributed by atoms with Gasteiger partial charge >= 0.3 is 11.9 Å². The molecule has 1 aromatic carbocycles. The topological polar surface area (TPSA) is 149 Å². The molecule has 2 aromatic rings. The number of anilines is 1. The first-order valence-electron chi connectivity index (χ1n) is 17.7. The number of carbonyl (C=O) groups excluding carboxylic acids is 3. The predicted octanol–water partition coefficient (Wildman–Crippen LogP) is 4.00. The van der Waals surface area contributed by atoms with E-state index in [4.69, 9.17) is 18.9 Å². The van der Waals surface area contributed by atoms with Crippen LogP contribution in [-0.4, -0.2) is 114 Å². The van der Waals surface area contributed by atoms with E-state index in [1.165, 1.54) is 11.2 Å². The number of fused-ring (bicyclic) bond motifs is 1. The number of halogens is 1. The Morgan fingerprint density at radius 2 is 1.80 bits per heavy atom. The molecule has 2 saturated heterocycles. The van der Waals surface area contributed by atoms with E-state index in [0.29, 0.717) is 50.1 Å². The second-order valence-electron chi connectivity index (χ2n) is 14.3. The van der Waals surface area contributed by atoms with Gasteiger partial charge in [0.05, 0.1) is 12.2 Å². The lowest BCUT2D eigenvalue weighted by atomic mass is 9.76. The fourth-order valence-corrected chi connectivity index (χ4v) is 7.31. The summed E-state index contributed by atoms with van der Waals surface area (Å²) in [5.74, 6) is -4.43. The van der Waals surface area contributed by atoms with Gasteiger partial charge < -0.3 is 34.1 Å². The number of benzene rings is 1. The van der Waals surface area contributed by atoms with Gasteiger partial charge in [-0.05, 0) is 65.5 Å². The number of hydrogen-bond acceptors (Lipinski definition) is 13. The highest BCUT2D eigenvalue weighted by molar-refractivity contribution is 6.01. The van der Waals surface area contributed by atoms with Crippen molar-refractivity contribution in [2.45, 2.75) is 78.9 Å². The average molecular weight is 712 g/mol. The predicted molar refractivity (Wildman–Crippen MR) is 187 cm³/mol. The molecule has 1 aromatic heterocycles. The second-order valence-corrected chi connectivity index (χ2v) is 14.3. The highest BCUT2D eigenvalue weighted by Gasteiger charge is 2.50. The third-order valence-corrected chi connectivity index (χ3v) is 9.77. The van der Waals surface area contributed by atoms with Crippen molar-refractivity contribution < 1.29 is 37.7 Å². The molecule has 1 amide bonds. The van der Waals surface area contributed by atoms with E-state index in [-0.39, 0.29) is 28.6 Å². The van der Waals surface area contributed by atoms with Gasteiger partial charge in [-0.15, -0.1) is 10.2 Å². The Morgan fingerprint density at radius 3 is 2.45 bits per heavy atom. The summed E-state index contributed by atoms with van der Waals surface area (Å²) in [6.45, 7) is 17.3. The summed E-state index contributed by atoms with van der Waals surface area (Å²) in [5.41, 5.74) is -0.190. The normalized spacial score (nSPS) is 18.8. The summed E-state index contributed by atoms with van der Waals surface area (Å²) in [5, 5.41) is 11.7. The van der Waals surface area contributed by atoms with E-state index in [9.17, 15) is 14.4 Å². The van der Waals surface area contributed by atoms with Crippen LogP contribution in [0, 0.1) is 17.2 Å². The monoisotopic (exact) mass is 711 g/mol. The largest absolute Gasteiger partial charge is 0.430 e. The molecule has 2 fully saturated rings. The molecule has 15 heteroatoms. The van der Waals surface area contributed by atoms with Crippen LogP contribution in [0.5, 0.6) is 23.1 Å². The maximum Gasteiger partial charge on any atom is 0.336 e. The van der Waals surface area contributed by atoms with E-state index < -0.39 is 35.2 Å². The van der Waals surface area contributed by atoms with Gasteiger partial charge in [-0.2, -0.15) is 0 Å². The summed E-state index contributed by atoms with van der Waals surface area (Å²) in [6.07, 6.45) is 6.09. The van der Waals surface area contributed by atoms with Crippen molar-refractivity contribution >= 4 is 23.7 Å². The number of hydrogen-bond donors (Lipinski definition) is 1. The van der Waals surface area contributed by atoms with Gasteiger partial charge in [0.1, 0.15) is 6.33 Å². The number of rotatable bonds is 15. The van der Waals surface area contributed by atoms with Crippen LogP contribution >= 0.6 is 0 Å². The van der Waals surface area contributed by atoms with Gasteiger partial charge in [0, 0.05) is 75.5 Å². The van der Waals surface area contributed by atoms with Crippen molar-refractivity contribution in [2.24, 2.45) is 11.3 Å². The zero-order valence-corrected chi connectivity index (χ0v) is 30.6. The zero-order chi connectivity index (χ0) is 36.9. The number of amides is 1. The van der Waals surface area contributed by atoms with Crippen LogP contribution in [0.2, 0.25) is 0 Å². The molecule has 51 heavy (non-hydrogen) atoms. The van der Waals surface area contributed by atoms with E-state index in [1.807, 2.05) is 13.8 Å². The fourth-order valence-electron chi connectivity index (χ4n) is 7.31. The van der Waals surface area contributed by atoms with E-state index >= 15 is 4.39 Å². The Hall–Kier alpha value is -4.21. The Balaban J connectivity index is 1.38. The molecule has 2 atom stereocenters. The van der Waals surface area contributed by atoms with Crippen LogP contribution in [0.25, 0.3) is 0 Å². The SMILES string of the molecule is CCN(C(=O)c1cc(F)c2c(c1Oc1nncnc1N1CCC3(C1)CN([C@H](CCCN[C@H](C)COC)C(C)C)C3)OC(=O)/C=C/C(=O)O2)C(C)C. The molecular formula is C36H50FN7O7. The van der Waals surface area contributed by atoms with E-state index in [2.05, 4.69) is 51.1 Å². The molecule has 14 nitrogen and oxygen atoms in total. The molecule has 0 bridgehead atoms. The molecule has 0 saturated carbocycles. The van der Waals surface area contributed by atoms with Gasteiger partial charge in [0.15, 0.2) is 17.4 Å². The molecule has 1 N–H and O–H groups in total.